The summed E-state index contributed by atoms with van der Waals surface area (Å²) in [4.78, 5) is 11.1. The molecule has 0 aliphatic heterocycles. The molecule has 0 saturated carbocycles. The van der Waals surface area contributed by atoms with E-state index in [1.807, 2.05) is 0 Å². The Morgan fingerprint density at radius 3 is 2.61 bits per heavy atom. The van der Waals surface area contributed by atoms with Gasteiger partial charge < -0.3 is 4.74 Å². The fourth-order valence-corrected chi connectivity index (χ4v) is 2.17. The number of hydrogen-bond acceptors (Lipinski definition) is 2. The highest BCUT2D eigenvalue weighted by Crippen LogP contribution is 2.32. The average Bonchev–Trinajstić information content (AvgIpc) is 2.41. The summed E-state index contributed by atoms with van der Waals surface area (Å²) in [6, 6.07) is 9.46. The van der Waals surface area contributed by atoms with E-state index in [2.05, 4.69) is 15.9 Å². The van der Waals surface area contributed by atoms with Gasteiger partial charge in [-0.2, -0.15) is 0 Å². The normalized spacial score (nSPS) is 10.2. The first-order valence-corrected chi connectivity index (χ1v) is 6.03. The van der Waals surface area contributed by atoms with Crippen LogP contribution in [0.2, 0.25) is 0 Å². The van der Waals surface area contributed by atoms with E-state index in [1.165, 1.54) is 19.2 Å². The number of carbonyl (C=O) groups excluding carboxylic acids is 1. The van der Waals surface area contributed by atoms with Crippen molar-refractivity contribution in [2.45, 2.75) is 0 Å². The monoisotopic (exact) mass is 308 g/mol. The molecule has 0 spiro atoms. The van der Waals surface area contributed by atoms with Gasteiger partial charge in [0.2, 0.25) is 0 Å². The van der Waals surface area contributed by atoms with Crippen LogP contribution in [-0.2, 0) is 0 Å². The van der Waals surface area contributed by atoms with Gasteiger partial charge in [0.15, 0.2) is 6.29 Å². The van der Waals surface area contributed by atoms with Crippen molar-refractivity contribution in [3.8, 4) is 16.9 Å². The molecule has 18 heavy (non-hydrogen) atoms. The molecule has 0 fully saturated rings. The first-order chi connectivity index (χ1) is 8.65. The molecule has 2 aromatic carbocycles. The van der Waals surface area contributed by atoms with Gasteiger partial charge in [-0.25, -0.2) is 4.39 Å². The Morgan fingerprint density at radius 1 is 1.17 bits per heavy atom. The highest BCUT2D eigenvalue weighted by atomic mass is 79.9. The minimum Gasteiger partial charge on any atom is -0.497 e. The topological polar surface area (TPSA) is 26.3 Å². The summed E-state index contributed by atoms with van der Waals surface area (Å²) in [5, 5.41) is 0. The number of benzene rings is 2. The number of aldehydes is 1. The molecule has 0 bridgehead atoms. The Balaban J connectivity index is 2.63. The maximum absolute atomic E-state index is 13.3. The zero-order chi connectivity index (χ0) is 13.1. The minimum atomic E-state index is -0.346. The molecule has 0 amide bonds. The predicted octanol–water partition coefficient (Wildman–Crippen LogP) is 4.08. The molecule has 0 aromatic heterocycles. The number of methoxy groups -OCH3 is 1. The van der Waals surface area contributed by atoms with Crippen LogP contribution in [0.3, 0.4) is 0 Å². The first kappa shape index (κ1) is 12.8. The van der Waals surface area contributed by atoms with Gasteiger partial charge in [0.1, 0.15) is 11.6 Å². The maximum Gasteiger partial charge on any atom is 0.150 e. The van der Waals surface area contributed by atoms with Gasteiger partial charge in [-0.3, -0.25) is 4.79 Å². The summed E-state index contributed by atoms with van der Waals surface area (Å²) in [6.45, 7) is 0. The summed E-state index contributed by atoms with van der Waals surface area (Å²) < 4.78 is 19.1. The predicted molar refractivity (Wildman–Crippen MR) is 71.5 cm³/mol. The molecule has 0 aliphatic rings. The summed E-state index contributed by atoms with van der Waals surface area (Å²) >= 11 is 3.35. The second-order valence-corrected chi connectivity index (χ2v) is 4.55. The van der Waals surface area contributed by atoms with Crippen molar-refractivity contribution in [2.75, 3.05) is 7.11 Å². The molecule has 0 unspecified atom stereocenters. The second kappa shape index (κ2) is 5.31. The third kappa shape index (κ3) is 2.43. The van der Waals surface area contributed by atoms with Gasteiger partial charge in [0.25, 0.3) is 0 Å². The maximum atomic E-state index is 13.3. The highest BCUT2D eigenvalue weighted by Gasteiger charge is 2.10. The van der Waals surface area contributed by atoms with Crippen LogP contribution in [0.15, 0.2) is 40.9 Å². The molecule has 2 aromatic rings. The summed E-state index contributed by atoms with van der Waals surface area (Å²) in [5.41, 5.74) is 1.76. The third-order valence-corrected chi connectivity index (χ3v) is 3.30. The second-order valence-electron chi connectivity index (χ2n) is 3.70. The smallest absolute Gasteiger partial charge is 0.150 e. The Hall–Kier alpha value is -1.68. The van der Waals surface area contributed by atoms with Crippen LogP contribution in [0.4, 0.5) is 4.39 Å². The van der Waals surface area contributed by atoms with Crippen LogP contribution in [-0.4, -0.2) is 13.4 Å². The van der Waals surface area contributed by atoms with Crippen LogP contribution >= 0.6 is 15.9 Å². The zero-order valence-corrected chi connectivity index (χ0v) is 11.2. The van der Waals surface area contributed by atoms with Crippen LogP contribution in [0.25, 0.3) is 11.1 Å². The Bertz CT molecular complexity index is 596. The van der Waals surface area contributed by atoms with E-state index in [-0.39, 0.29) is 5.82 Å². The van der Waals surface area contributed by atoms with Gasteiger partial charge in [0.05, 0.1) is 7.11 Å². The van der Waals surface area contributed by atoms with E-state index in [9.17, 15) is 9.18 Å². The number of halogens is 2. The SMILES string of the molecule is COc1ccc(-c2cc(F)ccc2Br)c(C=O)c1. The largest absolute Gasteiger partial charge is 0.497 e. The van der Waals surface area contributed by atoms with Crippen LogP contribution in [0, 0.1) is 5.82 Å². The van der Waals surface area contributed by atoms with E-state index in [1.54, 1.807) is 24.3 Å². The molecule has 0 atom stereocenters. The number of hydrogen-bond donors (Lipinski definition) is 0. The highest BCUT2D eigenvalue weighted by molar-refractivity contribution is 9.10. The lowest BCUT2D eigenvalue weighted by Gasteiger charge is -2.09. The lowest BCUT2D eigenvalue weighted by molar-refractivity contribution is 0.112. The molecule has 2 nitrogen and oxygen atoms in total. The van der Waals surface area contributed by atoms with E-state index >= 15 is 0 Å². The van der Waals surface area contributed by atoms with Crippen LogP contribution < -0.4 is 4.74 Å². The molecule has 4 heteroatoms. The Kier molecular flexibility index (Phi) is 3.77. The molecule has 0 N–H and O–H groups in total. The van der Waals surface area contributed by atoms with Gasteiger partial charge in [0, 0.05) is 10.0 Å². The van der Waals surface area contributed by atoms with Crippen molar-refractivity contribution in [1.82, 2.24) is 0 Å². The van der Waals surface area contributed by atoms with Gasteiger partial charge in [-0.1, -0.05) is 15.9 Å². The van der Waals surface area contributed by atoms with Crippen LogP contribution in [0.1, 0.15) is 10.4 Å². The molecule has 0 saturated heterocycles. The quantitative estimate of drug-likeness (QED) is 0.799. The Morgan fingerprint density at radius 2 is 1.94 bits per heavy atom. The number of ether oxygens (including phenoxy) is 1. The molecule has 0 aliphatic carbocycles. The minimum absolute atomic E-state index is 0.346. The van der Waals surface area contributed by atoms with Crippen molar-refractivity contribution in [3.63, 3.8) is 0 Å². The van der Waals surface area contributed by atoms with Crippen molar-refractivity contribution < 1.29 is 13.9 Å². The molecule has 2 rings (SSSR count). The lowest BCUT2D eigenvalue weighted by atomic mass is 10.00. The van der Waals surface area contributed by atoms with Crippen LogP contribution in [0.5, 0.6) is 5.75 Å². The zero-order valence-electron chi connectivity index (χ0n) is 9.61. The van der Waals surface area contributed by atoms with Crippen molar-refractivity contribution >= 4 is 22.2 Å². The molecule has 92 valence electrons. The summed E-state index contributed by atoms with van der Waals surface area (Å²) in [7, 11) is 1.53. The van der Waals surface area contributed by atoms with Gasteiger partial charge >= 0.3 is 0 Å². The third-order valence-electron chi connectivity index (χ3n) is 2.60. The van der Waals surface area contributed by atoms with E-state index < -0.39 is 0 Å². The summed E-state index contributed by atoms with van der Waals surface area (Å²) in [5.74, 6) is 0.245. The first-order valence-electron chi connectivity index (χ1n) is 5.24. The fraction of sp³-hybridized carbons (Fsp3) is 0.0714. The van der Waals surface area contributed by atoms with Gasteiger partial charge in [-0.05, 0) is 47.5 Å². The average molecular weight is 309 g/mol. The van der Waals surface area contributed by atoms with E-state index in [0.717, 1.165) is 10.8 Å². The molecular weight excluding hydrogens is 299 g/mol. The van der Waals surface area contributed by atoms with Crippen molar-refractivity contribution in [3.05, 3.63) is 52.3 Å². The number of carbonyl (C=O) groups is 1. The lowest BCUT2D eigenvalue weighted by Crippen LogP contribution is -1.92. The Labute approximate surface area is 113 Å². The summed E-state index contributed by atoms with van der Waals surface area (Å²) in [6.07, 6.45) is 0.731. The van der Waals surface area contributed by atoms with Crippen molar-refractivity contribution in [2.24, 2.45) is 0 Å². The van der Waals surface area contributed by atoms with Crippen molar-refractivity contribution in [1.29, 1.82) is 0 Å². The standard InChI is InChI=1S/C14H10BrFO2/c1-18-11-3-4-12(9(6-11)8-17)13-7-10(16)2-5-14(13)15/h2-8H,1H3. The number of rotatable bonds is 3. The van der Waals surface area contributed by atoms with Gasteiger partial charge in [-0.15, -0.1) is 0 Å². The van der Waals surface area contributed by atoms with E-state index in [0.29, 0.717) is 22.4 Å². The molecule has 0 radical (unpaired) electrons. The molecule has 0 heterocycles. The fourth-order valence-electron chi connectivity index (χ4n) is 1.71. The molecular formula is C14H10BrFO2. The van der Waals surface area contributed by atoms with E-state index in [4.69, 9.17) is 4.74 Å².